The highest BCUT2D eigenvalue weighted by Gasteiger charge is 2.36. The maximum Gasteiger partial charge on any atom is 0.338 e. The fourth-order valence-corrected chi connectivity index (χ4v) is 3.84. The second-order valence-electron chi connectivity index (χ2n) is 5.71. The first-order chi connectivity index (χ1) is 12.3. The number of hydrogen-bond acceptors (Lipinski definition) is 5. The molecule has 0 fully saturated rings. The van der Waals surface area contributed by atoms with E-state index in [1.807, 2.05) is 6.92 Å². The van der Waals surface area contributed by atoms with Gasteiger partial charge in [-0.15, -0.1) is 0 Å². The van der Waals surface area contributed by atoms with E-state index in [0.717, 1.165) is 12.8 Å². The molecule has 0 saturated carbocycles. The minimum atomic E-state index is -0.914. The lowest BCUT2D eigenvalue weighted by Crippen LogP contribution is -2.46. The van der Waals surface area contributed by atoms with E-state index in [4.69, 9.17) is 4.74 Å². The fraction of sp³-hybridized carbons (Fsp3) is 0.412. The molecule has 2 rings (SSSR count). The molecule has 1 aromatic rings. The van der Waals surface area contributed by atoms with Gasteiger partial charge in [0.15, 0.2) is 0 Å². The van der Waals surface area contributed by atoms with E-state index in [1.54, 1.807) is 6.92 Å². The van der Waals surface area contributed by atoms with Crippen molar-refractivity contribution in [2.24, 2.45) is 0 Å². The minimum absolute atomic E-state index is 0.0629. The number of ether oxygens (including phenoxy) is 1. The van der Waals surface area contributed by atoms with E-state index in [0.29, 0.717) is 16.6 Å². The fourth-order valence-electron chi connectivity index (χ4n) is 2.69. The lowest BCUT2D eigenvalue weighted by atomic mass is 9.93. The number of phenolic OH excluding ortho intramolecular Hbond substituents is 2. The molecule has 1 atom stereocenters. The van der Waals surface area contributed by atoms with Gasteiger partial charge in [-0.05, 0) is 57.7 Å². The average molecular weight is 492 g/mol. The molecule has 1 aliphatic rings. The molecule has 0 bridgehead atoms. The number of aromatic hydroxyl groups is 2. The maximum atomic E-state index is 12.6. The van der Waals surface area contributed by atoms with Gasteiger partial charge in [0.25, 0.3) is 0 Å². The number of esters is 1. The van der Waals surface area contributed by atoms with E-state index in [-0.39, 0.29) is 33.7 Å². The van der Waals surface area contributed by atoms with Crippen LogP contribution in [0.5, 0.6) is 11.5 Å². The number of rotatable bonds is 6. The Labute approximate surface area is 168 Å². The zero-order chi connectivity index (χ0) is 19.4. The van der Waals surface area contributed by atoms with E-state index in [9.17, 15) is 19.8 Å². The number of allylic oxidation sites excluding steroid dienone is 1. The van der Waals surface area contributed by atoms with Crippen LogP contribution in [0.4, 0.5) is 4.79 Å². The Bertz CT molecular complexity index is 764. The molecular formula is C17H20Br2N2O5. The van der Waals surface area contributed by atoms with Crippen molar-refractivity contribution in [3.05, 3.63) is 31.8 Å². The van der Waals surface area contributed by atoms with Crippen LogP contribution in [0.15, 0.2) is 26.3 Å². The van der Waals surface area contributed by atoms with Gasteiger partial charge in [-0.2, -0.15) is 0 Å². The van der Waals surface area contributed by atoms with Gasteiger partial charge in [0, 0.05) is 11.3 Å². The Hall–Kier alpha value is -1.74. The number of hydrogen-bond donors (Lipinski definition) is 4. The third-order valence-electron chi connectivity index (χ3n) is 3.94. The first-order valence-corrected chi connectivity index (χ1v) is 9.77. The largest absolute Gasteiger partial charge is 0.506 e. The molecule has 1 heterocycles. The zero-order valence-corrected chi connectivity index (χ0v) is 17.5. The molecule has 0 spiro atoms. The third-order valence-corrected chi connectivity index (χ3v) is 5.29. The Kier molecular flexibility index (Phi) is 6.94. The van der Waals surface area contributed by atoms with Crippen molar-refractivity contribution in [1.82, 2.24) is 10.6 Å². The van der Waals surface area contributed by atoms with Crippen molar-refractivity contribution in [2.45, 2.75) is 39.2 Å². The van der Waals surface area contributed by atoms with Crippen LogP contribution in [-0.2, 0) is 9.53 Å². The van der Waals surface area contributed by atoms with Crippen molar-refractivity contribution in [2.75, 3.05) is 6.61 Å². The van der Waals surface area contributed by atoms with Crippen LogP contribution in [0, 0.1) is 0 Å². The normalized spacial score (nSPS) is 16.9. The molecule has 4 N–H and O–H groups in total. The highest BCUT2D eigenvalue weighted by atomic mass is 79.9. The first-order valence-electron chi connectivity index (χ1n) is 8.19. The molecule has 0 aliphatic carbocycles. The van der Waals surface area contributed by atoms with Crippen LogP contribution in [-0.4, -0.2) is 28.8 Å². The number of benzene rings is 1. The number of urea groups is 1. The second-order valence-corrected chi connectivity index (χ2v) is 7.35. The summed E-state index contributed by atoms with van der Waals surface area (Å²) >= 11 is 6.32. The Morgan fingerprint density at radius 3 is 2.58 bits per heavy atom. The predicted octanol–water partition coefficient (Wildman–Crippen LogP) is 3.98. The van der Waals surface area contributed by atoms with Crippen LogP contribution in [0.1, 0.15) is 44.7 Å². The van der Waals surface area contributed by atoms with E-state index in [2.05, 4.69) is 42.5 Å². The summed E-state index contributed by atoms with van der Waals surface area (Å²) in [6.45, 7) is 3.88. The first kappa shape index (κ1) is 20.6. The molecule has 1 aromatic carbocycles. The third kappa shape index (κ3) is 4.15. The molecule has 0 aromatic heterocycles. The van der Waals surface area contributed by atoms with Crippen molar-refractivity contribution < 1.29 is 24.5 Å². The van der Waals surface area contributed by atoms with Crippen LogP contribution >= 0.6 is 31.9 Å². The molecule has 7 nitrogen and oxygen atoms in total. The van der Waals surface area contributed by atoms with Gasteiger partial charge in [-0.25, -0.2) is 9.59 Å². The standard InChI is InChI=1S/C17H20Br2N2O5/c1-3-5-6-10-11(16(24)26-4-2)13(21-17(25)20-10)8-7-9(18)15(23)12(19)14(8)22/h7,13,22-23H,3-6H2,1-2H3,(H2,20,21,25). The van der Waals surface area contributed by atoms with Gasteiger partial charge >= 0.3 is 12.0 Å². The molecule has 0 saturated heterocycles. The number of nitrogens with one attached hydrogen (secondary N) is 2. The summed E-state index contributed by atoms with van der Waals surface area (Å²) in [5.74, 6) is -1.02. The number of carbonyl (C=O) groups excluding carboxylic acids is 2. The molecule has 0 radical (unpaired) electrons. The molecule has 1 unspecified atom stereocenters. The number of carbonyl (C=O) groups is 2. The van der Waals surface area contributed by atoms with E-state index >= 15 is 0 Å². The lowest BCUT2D eigenvalue weighted by Gasteiger charge is -2.30. The smallest absolute Gasteiger partial charge is 0.338 e. The summed E-state index contributed by atoms with van der Waals surface area (Å²) in [7, 11) is 0. The molecule has 9 heteroatoms. The van der Waals surface area contributed by atoms with Crippen LogP contribution in [0.3, 0.4) is 0 Å². The Morgan fingerprint density at radius 1 is 1.27 bits per heavy atom. The van der Waals surface area contributed by atoms with Gasteiger partial charge in [-0.3, -0.25) is 0 Å². The molecule has 2 amide bonds. The molecular weight excluding hydrogens is 472 g/mol. The molecule has 142 valence electrons. The molecule has 26 heavy (non-hydrogen) atoms. The summed E-state index contributed by atoms with van der Waals surface area (Å²) < 4.78 is 5.53. The molecule has 1 aliphatic heterocycles. The number of amides is 2. The average Bonchev–Trinajstić information content (AvgIpc) is 2.60. The van der Waals surface area contributed by atoms with Crippen molar-refractivity contribution in [1.29, 1.82) is 0 Å². The van der Waals surface area contributed by atoms with Crippen LogP contribution in [0.2, 0.25) is 0 Å². The van der Waals surface area contributed by atoms with E-state index < -0.39 is 18.0 Å². The van der Waals surface area contributed by atoms with E-state index in [1.165, 1.54) is 6.07 Å². The highest BCUT2D eigenvalue weighted by molar-refractivity contribution is 9.11. The van der Waals surface area contributed by atoms with Crippen molar-refractivity contribution in [3.8, 4) is 11.5 Å². The van der Waals surface area contributed by atoms with Gasteiger partial charge < -0.3 is 25.6 Å². The SMILES string of the molecule is CCCCC1=C(C(=O)OCC)C(c2cc(Br)c(O)c(Br)c2O)NC(=O)N1. The quantitative estimate of drug-likeness (QED) is 0.450. The van der Waals surface area contributed by atoms with Gasteiger partial charge in [0.1, 0.15) is 16.0 Å². The number of halogens is 2. The minimum Gasteiger partial charge on any atom is -0.506 e. The zero-order valence-electron chi connectivity index (χ0n) is 14.4. The Morgan fingerprint density at radius 2 is 1.96 bits per heavy atom. The summed E-state index contributed by atoms with van der Waals surface area (Å²) in [6.07, 6.45) is 2.16. The number of unbranched alkanes of at least 4 members (excludes halogenated alkanes) is 1. The van der Waals surface area contributed by atoms with Gasteiger partial charge in [0.2, 0.25) is 0 Å². The summed E-state index contributed by atoms with van der Waals surface area (Å²) in [5, 5.41) is 25.7. The van der Waals surface area contributed by atoms with Crippen molar-refractivity contribution >= 4 is 43.9 Å². The second kappa shape index (κ2) is 8.77. The van der Waals surface area contributed by atoms with Gasteiger partial charge in [0.05, 0.1) is 22.7 Å². The topological polar surface area (TPSA) is 108 Å². The predicted molar refractivity (Wildman–Crippen MR) is 103 cm³/mol. The lowest BCUT2D eigenvalue weighted by molar-refractivity contribution is -0.139. The number of phenols is 2. The Balaban J connectivity index is 2.63. The van der Waals surface area contributed by atoms with Crippen LogP contribution in [0.25, 0.3) is 0 Å². The summed E-state index contributed by atoms with van der Waals surface area (Å²) in [4.78, 5) is 24.7. The van der Waals surface area contributed by atoms with Gasteiger partial charge in [-0.1, -0.05) is 13.3 Å². The highest BCUT2D eigenvalue weighted by Crippen LogP contribution is 2.45. The monoisotopic (exact) mass is 490 g/mol. The van der Waals surface area contributed by atoms with Crippen molar-refractivity contribution in [3.63, 3.8) is 0 Å². The summed E-state index contributed by atoms with van der Waals surface area (Å²) in [6, 6.07) is 0.0688. The maximum absolute atomic E-state index is 12.6. The summed E-state index contributed by atoms with van der Waals surface area (Å²) in [5.41, 5.74) is 0.965. The van der Waals surface area contributed by atoms with Crippen LogP contribution < -0.4 is 10.6 Å².